The number of aromatic nitrogens is 2. The highest BCUT2D eigenvalue weighted by atomic mass is 32.2. The largest absolute Gasteiger partial charge is 0.399 e. The van der Waals surface area contributed by atoms with Crippen molar-refractivity contribution in [1.82, 2.24) is 14.7 Å². The number of nitrogens with zero attached hydrogens (tertiary/aromatic N) is 1. The lowest BCUT2D eigenvalue weighted by atomic mass is 10.2. The third kappa shape index (κ3) is 3.33. The smallest absolute Gasteiger partial charge is 0.240 e. The van der Waals surface area contributed by atoms with Crippen molar-refractivity contribution in [2.45, 2.75) is 18.2 Å². The molecule has 1 heterocycles. The van der Waals surface area contributed by atoms with E-state index in [0.29, 0.717) is 18.7 Å². The van der Waals surface area contributed by atoms with Crippen LogP contribution in [-0.4, -0.2) is 24.9 Å². The lowest BCUT2D eigenvalue weighted by molar-refractivity contribution is 0.581. The Labute approximate surface area is 112 Å². The fourth-order valence-corrected chi connectivity index (χ4v) is 2.75. The summed E-state index contributed by atoms with van der Waals surface area (Å²) in [7, 11) is -3.50. The van der Waals surface area contributed by atoms with Crippen molar-refractivity contribution >= 4 is 15.7 Å². The number of anilines is 1. The van der Waals surface area contributed by atoms with E-state index >= 15 is 0 Å². The predicted octanol–water partition coefficient (Wildman–Crippen LogP) is 0.821. The summed E-state index contributed by atoms with van der Waals surface area (Å²) in [6, 6.07) is 4.65. The number of nitrogen functional groups attached to an aromatic ring is 1. The Kier molecular flexibility index (Phi) is 3.87. The molecule has 0 radical (unpaired) electrons. The van der Waals surface area contributed by atoms with E-state index < -0.39 is 10.0 Å². The molecule has 1 aromatic carbocycles. The molecule has 0 aliphatic heterocycles. The van der Waals surface area contributed by atoms with Gasteiger partial charge in [0.15, 0.2) is 0 Å². The first-order valence-electron chi connectivity index (χ1n) is 5.83. The average molecular weight is 280 g/mol. The number of rotatable bonds is 5. The van der Waals surface area contributed by atoms with E-state index in [2.05, 4.69) is 14.7 Å². The quantitative estimate of drug-likeness (QED) is 0.706. The van der Waals surface area contributed by atoms with Crippen LogP contribution in [-0.2, 0) is 16.4 Å². The van der Waals surface area contributed by atoms with Gasteiger partial charge in [-0.1, -0.05) is 0 Å². The lowest BCUT2D eigenvalue weighted by Gasteiger charge is -2.08. The van der Waals surface area contributed by atoms with Gasteiger partial charge < -0.3 is 10.7 Å². The van der Waals surface area contributed by atoms with Crippen LogP contribution >= 0.6 is 0 Å². The first-order chi connectivity index (χ1) is 8.99. The Morgan fingerprint density at radius 1 is 1.42 bits per heavy atom. The van der Waals surface area contributed by atoms with Crippen LogP contribution < -0.4 is 10.5 Å². The second-order valence-electron chi connectivity index (χ2n) is 4.20. The first kappa shape index (κ1) is 13.6. The Balaban J connectivity index is 2.03. The molecular formula is C12H16N4O2S. The molecule has 0 amide bonds. The molecule has 0 aliphatic rings. The highest BCUT2D eigenvalue weighted by molar-refractivity contribution is 7.89. The van der Waals surface area contributed by atoms with E-state index in [0.717, 1.165) is 11.4 Å². The molecule has 0 atom stereocenters. The summed E-state index contributed by atoms with van der Waals surface area (Å²) in [5, 5.41) is 0. The summed E-state index contributed by atoms with van der Waals surface area (Å²) >= 11 is 0. The fourth-order valence-electron chi connectivity index (χ4n) is 1.64. The zero-order chi connectivity index (χ0) is 13.9. The molecule has 2 rings (SSSR count). The van der Waals surface area contributed by atoms with Gasteiger partial charge in [-0.05, 0) is 30.7 Å². The molecule has 0 saturated heterocycles. The Bertz CT molecular complexity index is 650. The van der Waals surface area contributed by atoms with Gasteiger partial charge in [-0.3, -0.25) is 0 Å². The number of sulfonamides is 1. The first-order valence-corrected chi connectivity index (χ1v) is 7.31. The predicted molar refractivity (Wildman–Crippen MR) is 73.1 cm³/mol. The molecule has 0 saturated carbocycles. The fraction of sp³-hybridized carbons (Fsp3) is 0.250. The van der Waals surface area contributed by atoms with Crippen molar-refractivity contribution in [3.05, 3.63) is 42.0 Å². The number of benzene rings is 1. The van der Waals surface area contributed by atoms with Gasteiger partial charge in [-0.2, -0.15) is 0 Å². The average Bonchev–Trinajstić information content (AvgIpc) is 2.85. The van der Waals surface area contributed by atoms with Crippen LogP contribution in [0.15, 0.2) is 35.5 Å². The van der Waals surface area contributed by atoms with Gasteiger partial charge in [0.1, 0.15) is 5.82 Å². The molecule has 0 bridgehead atoms. The molecule has 1 aromatic heterocycles. The van der Waals surface area contributed by atoms with Crippen molar-refractivity contribution in [3.8, 4) is 0 Å². The van der Waals surface area contributed by atoms with Crippen LogP contribution in [0, 0.1) is 6.92 Å². The molecule has 0 fully saturated rings. The molecule has 0 aliphatic carbocycles. The van der Waals surface area contributed by atoms with Gasteiger partial charge in [-0.25, -0.2) is 18.1 Å². The summed E-state index contributed by atoms with van der Waals surface area (Å²) in [5.41, 5.74) is 6.99. The number of nitrogens with one attached hydrogen (secondary N) is 2. The SMILES string of the molecule is Cc1cc(S(=O)(=O)NCCc2ncc[nH]2)ccc1N. The summed E-state index contributed by atoms with van der Waals surface area (Å²) in [4.78, 5) is 7.17. The topological polar surface area (TPSA) is 101 Å². The molecule has 7 heteroatoms. The number of aryl methyl sites for hydroxylation is 1. The summed E-state index contributed by atoms with van der Waals surface area (Å²) in [6.07, 6.45) is 3.85. The number of aromatic amines is 1. The minimum Gasteiger partial charge on any atom is -0.399 e. The number of imidazole rings is 1. The highest BCUT2D eigenvalue weighted by Crippen LogP contribution is 2.16. The van der Waals surface area contributed by atoms with Crippen molar-refractivity contribution in [1.29, 1.82) is 0 Å². The molecule has 0 spiro atoms. The third-order valence-electron chi connectivity index (χ3n) is 2.76. The number of H-pyrrole nitrogens is 1. The van der Waals surface area contributed by atoms with Gasteiger partial charge in [-0.15, -0.1) is 0 Å². The molecule has 102 valence electrons. The highest BCUT2D eigenvalue weighted by Gasteiger charge is 2.14. The second kappa shape index (κ2) is 5.41. The minimum atomic E-state index is -3.50. The van der Waals surface area contributed by atoms with Crippen LogP contribution in [0.25, 0.3) is 0 Å². The monoisotopic (exact) mass is 280 g/mol. The zero-order valence-corrected chi connectivity index (χ0v) is 11.4. The molecule has 19 heavy (non-hydrogen) atoms. The number of hydrogen-bond acceptors (Lipinski definition) is 4. The van der Waals surface area contributed by atoms with E-state index in [1.165, 1.54) is 6.07 Å². The summed E-state index contributed by atoms with van der Waals surface area (Å²) < 4.78 is 26.6. The zero-order valence-electron chi connectivity index (χ0n) is 10.6. The van der Waals surface area contributed by atoms with E-state index in [1.54, 1.807) is 31.5 Å². The van der Waals surface area contributed by atoms with E-state index in [9.17, 15) is 8.42 Å². The number of nitrogens with two attached hydrogens (primary N) is 1. The van der Waals surface area contributed by atoms with Crippen molar-refractivity contribution in [3.63, 3.8) is 0 Å². The molecule has 6 nitrogen and oxygen atoms in total. The van der Waals surface area contributed by atoms with E-state index in [4.69, 9.17) is 5.73 Å². The van der Waals surface area contributed by atoms with E-state index in [1.807, 2.05) is 0 Å². The van der Waals surface area contributed by atoms with Crippen LogP contribution in [0.3, 0.4) is 0 Å². The van der Waals surface area contributed by atoms with E-state index in [-0.39, 0.29) is 4.90 Å². The summed E-state index contributed by atoms with van der Waals surface area (Å²) in [6.45, 7) is 2.07. The standard InChI is InChI=1S/C12H16N4O2S/c1-9-8-10(2-3-11(9)13)19(17,18)16-5-4-12-14-6-7-15-12/h2-3,6-8,16H,4-5,13H2,1H3,(H,14,15). The molecular weight excluding hydrogens is 264 g/mol. The van der Waals surface area contributed by atoms with Gasteiger partial charge in [0, 0.05) is 31.0 Å². The third-order valence-corrected chi connectivity index (χ3v) is 4.22. The van der Waals surface area contributed by atoms with Crippen LogP contribution in [0.4, 0.5) is 5.69 Å². The van der Waals surface area contributed by atoms with Crippen LogP contribution in [0.1, 0.15) is 11.4 Å². The Hall–Kier alpha value is -1.86. The maximum atomic E-state index is 12.0. The maximum Gasteiger partial charge on any atom is 0.240 e. The van der Waals surface area contributed by atoms with Crippen molar-refractivity contribution in [2.24, 2.45) is 0 Å². The summed E-state index contributed by atoms with van der Waals surface area (Å²) in [5.74, 6) is 0.746. The van der Waals surface area contributed by atoms with Crippen LogP contribution in [0.2, 0.25) is 0 Å². The van der Waals surface area contributed by atoms with Crippen molar-refractivity contribution < 1.29 is 8.42 Å². The van der Waals surface area contributed by atoms with Gasteiger partial charge in [0.2, 0.25) is 10.0 Å². The molecule has 4 N–H and O–H groups in total. The molecule has 0 unspecified atom stereocenters. The van der Waals surface area contributed by atoms with Gasteiger partial charge in [0.25, 0.3) is 0 Å². The van der Waals surface area contributed by atoms with Crippen molar-refractivity contribution in [2.75, 3.05) is 12.3 Å². The van der Waals surface area contributed by atoms with Gasteiger partial charge >= 0.3 is 0 Å². The number of hydrogen-bond donors (Lipinski definition) is 3. The minimum absolute atomic E-state index is 0.221. The second-order valence-corrected chi connectivity index (χ2v) is 5.97. The Morgan fingerprint density at radius 2 is 2.21 bits per heavy atom. The normalized spacial score (nSPS) is 11.6. The Morgan fingerprint density at radius 3 is 2.84 bits per heavy atom. The lowest BCUT2D eigenvalue weighted by Crippen LogP contribution is -2.26. The maximum absolute atomic E-state index is 12.0. The van der Waals surface area contributed by atoms with Gasteiger partial charge in [0.05, 0.1) is 4.90 Å². The van der Waals surface area contributed by atoms with Crippen LogP contribution in [0.5, 0.6) is 0 Å². The molecule has 2 aromatic rings.